The number of thiazole rings is 1. The first-order valence-electron chi connectivity index (χ1n) is 5.53. The van der Waals surface area contributed by atoms with E-state index in [2.05, 4.69) is 36.1 Å². The van der Waals surface area contributed by atoms with E-state index in [9.17, 15) is 4.79 Å². The Bertz CT molecular complexity index is 612. The number of aromatic nitrogens is 3. The predicted octanol–water partition coefficient (Wildman–Crippen LogP) is 2.65. The van der Waals surface area contributed by atoms with Crippen molar-refractivity contribution in [2.45, 2.75) is 32.7 Å². The Balaban J connectivity index is 2.27. The number of halogens is 1. The lowest BCUT2D eigenvalue weighted by atomic mass is 9.93. The van der Waals surface area contributed by atoms with Crippen molar-refractivity contribution in [2.75, 3.05) is 0 Å². The summed E-state index contributed by atoms with van der Waals surface area (Å²) in [6.07, 6.45) is 3.13. The maximum Gasteiger partial charge on any atom is 0.267 e. The molecule has 0 radical (unpaired) electrons. The first kappa shape index (κ1) is 13.7. The van der Waals surface area contributed by atoms with E-state index in [1.807, 2.05) is 22.6 Å². The lowest BCUT2D eigenvalue weighted by molar-refractivity contribution is 0.569. The molecule has 0 aromatic carbocycles. The van der Waals surface area contributed by atoms with Crippen LogP contribution in [0, 0.1) is 3.57 Å². The first-order valence-corrected chi connectivity index (χ1v) is 7.48. The molecule has 0 bridgehead atoms. The molecular formula is C12H14IN3OS. The van der Waals surface area contributed by atoms with Crippen molar-refractivity contribution in [1.29, 1.82) is 0 Å². The van der Waals surface area contributed by atoms with Crippen LogP contribution in [0.4, 0.5) is 0 Å². The third kappa shape index (κ3) is 2.97. The highest BCUT2D eigenvalue weighted by Gasteiger charge is 2.17. The maximum absolute atomic E-state index is 11.9. The second-order valence-electron chi connectivity index (χ2n) is 5.05. The van der Waals surface area contributed by atoms with Crippen molar-refractivity contribution >= 4 is 33.9 Å². The Kier molecular flexibility index (Phi) is 3.86. The molecule has 0 unspecified atom stereocenters. The van der Waals surface area contributed by atoms with Gasteiger partial charge in [0, 0.05) is 17.0 Å². The smallest absolute Gasteiger partial charge is 0.267 e. The van der Waals surface area contributed by atoms with Gasteiger partial charge in [0.25, 0.3) is 5.56 Å². The largest absolute Gasteiger partial charge is 0.291 e. The van der Waals surface area contributed by atoms with Crippen molar-refractivity contribution in [2.24, 2.45) is 0 Å². The van der Waals surface area contributed by atoms with Gasteiger partial charge in [-0.05, 0) is 22.6 Å². The van der Waals surface area contributed by atoms with E-state index >= 15 is 0 Å². The number of rotatable bonds is 2. The van der Waals surface area contributed by atoms with Gasteiger partial charge in [0.05, 0.1) is 22.1 Å². The van der Waals surface area contributed by atoms with Crippen LogP contribution in [-0.2, 0) is 12.0 Å². The minimum Gasteiger partial charge on any atom is -0.291 e. The Morgan fingerprint density at radius 2 is 2.17 bits per heavy atom. The van der Waals surface area contributed by atoms with Crippen molar-refractivity contribution in [3.05, 3.63) is 42.5 Å². The third-order valence-corrected chi connectivity index (χ3v) is 4.06. The second-order valence-corrected chi connectivity index (χ2v) is 7.16. The molecule has 2 aromatic rings. The van der Waals surface area contributed by atoms with E-state index in [1.165, 1.54) is 0 Å². The van der Waals surface area contributed by atoms with Gasteiger partial charge in [-0.2, -0.15) is 0 Å². The molecule has 0 aliphatic rings. The molecule has 96 valence electrons. The molecule has 0 spiro atoms. The highest BCUT2D eigenvalue weighted by atomic mass is 127. The van der Waals surface area contributed by atoms with Crippen molar-refractivity contribution in [1.82, 2.24) is 14.5 Å². The van der Waals surface area contributed by atoms with Gasteiger partial charge in [0.1, 0.15) is 5.01 Å². The summed E-state index contributed by atoms with van der Waals surface area (Å²) < 4.78 is 2.22. The molecule has 6 heteroatoms. The van der Waals surface area contributed by atoms with Gasteiger partial charge in [-0.1, -0.05) is 20.8 Å². The molecule has 2 heterocycles. The molecule has 0 aliphatic heterocycles. The second kappa shape index (κ2) is 5.08. The summed E-state index contributed by atoms with van der Waals surface area (Å²) in [5, 5.41) is 2.99. The molecule has 0 N–H and O–H groups in total. The Morgan fingerprint density at radius 3 is 2.78 bits per heavy atom. The topological polar surface area (TPSA) is 47.8 Å². The average molecular weight is 375 g/mol. The number of hydrogen-bond acceptors (Lipinski definition) is 4. The van der Waals surface area contributed by atoms with Gasteiger partial charge < -0.3 is 0 Å². The Hall–Kier alpha value is -0.760. The summed E-state index contributed by atoms with van der Waals surface area (Å²) in [6, 6.07) is 0. The fraction of sp³-hybridized carbons (Fsp3) is 0.417. The zero-order valence-corrected chi connectivity index (χ0v) is 13.4. The third-order valence-electron chi connectivity index (χ3n) is 2.48. The highest BCUT2D eigenvalue weighted by molar-refractivity contribution is 14.1. The van der Waals surface area contributed by atoms with Crippen LogP contribution < -0.4 is 5.56 Å². The average Bonchev–Trinajstić information content (AvgIpc) is 2.73. The number of hydrogen-bond donors (Lipinski definition) is 0. The highest BCUT2D eigenvalue weighted by Crippen LogP contribution is 2.24. The van der Waals surface area contributed by atoms with Crippen molar-refractivity contribution < 1.29 is 0 Å². The molecule has 2 aromatic heterocycles. The van der Waals surface area contributed by atoms with E-state index in [1.54, 1.807) is 28.4 Å². The Labute approximate surface area is 123 Å². The van der Waals surface area contributed by atoms with Gasteiger partial charge >= 0.3 is 0 Å². The quantitative estimate of drug-likeness (QED) is 0.759. The molecule has 0 saturated carbocycles. The predicted molar refractivity (Wildman–Crippen MR) is 81.1 cm³/mol. The molecule has 0 saturated heterocycles. The van der Waals surface area contributed by atoms with Crippen molar-refractivity contribution in [3.8, 4) is 0 Å². The van der Waals surface area contributed by atoms with E-state index in [0.717, 1.165) is 10.7 Å². The lowest BCUT2D eigenvalue weighted by Crippen LogP contribution is -2.23. The van der Waals surface area contributed by atoms with Gasteiger partial charge in [0.15, 0.2) is 0 Å². The molecule has 0 fully saturated rings. The van der Waals surface area contributed by atoms with E-state index in [-0.39, 0.29) is 11.0 Å². The van der Waals surface area contributed by atoms with Crippen LogP contribution >= 0.6 is 33.9 Å². The van der Waals surface area contributed by atoms with Gasteiger partial charge in [0.2, 0.25) is 0 Å². The fourth-order valence-electron chi connectivity index (χ4n) is 1.41. The monoisotopic (exact) mass is 375 g/mol. The maximum atomic E-state index is 11.9. The number of nitrogens with zero attached hydrogens (tertiary/aromatic N) is 3. The zero-order chi connectivity index (χ0) is 13.3. The van der Waals surface area contributed by atoms with Crippen molar-refractivity contribution in [3.63, 3.8) is 0 Å². The summed E-state index contributed by atoms with van der Waals surface area (Å²) in [7, 11) is 0. The van der Waals surface area contributed by atoms with E-state index in [0.29, 0.717) is 10.1 Å². The van der Waals surface area contributed by atoms with Crippen LogP contribution in [0.1, 0.15) is 31.5 Å². The molecule has 0 amide bonds. The summed E-state index contributed by atoms with van der Waals surface area (Å²) in [6.45, 7) is 6.88. The molecule has 18 heavy (non-hydrogen) atoms. The van der Waals surface area contributed by atoms with Crippen LogP contribution in [-0.4, -0.2) is 14.5 Å². The van der Waals surface area contributed by atoms with Crippen LogP contribution in [0.3, 0.4) is 0 Å². The van der Waals surface area contributed by atoms with Crippen LogP contribution in [0.25, 0.3) is 0 Å². The SMILES string of the molecule is CC(C)(C)c1csc(Cn2cncc(I)c2=O)n1. The summed E-state index contributed by atoms with van der Waals surface area (Å²) in [5.74, 6) is 0. The lowest BCUT2D eigenvalue weighted by Gasteiger charge is -2.14. The minimum atomic E-state index is -0.0156. The fourth-order valence-corrected chi connectivity index (χ4v) is 2.90. The van der Waals surface area contributed by atoms with Gasteiger partial charge in [-0.15, -0.1) is 11.3 Å². The normalized spacial score (nSPS) is 11.8. The first-order chi connectivity index (χ1) is 8.38. The molecule has 2 rings (SSSR count). The van der Waals surface area contributed by atoms with Gasteiger partial charge in [-0.3, -0.25) is 9.36 Å². The van der Waals surface area contributed by atoms with E-state index in [4.69, 9.17) is 0 Å². The molecular weight excluding hydrogens is 361 g/mol. The summed E-state index contributed by atoms with van der Waals surface area (Å²) >= 11 is 3.58. The summed E-state index contributed by atoms with van der Waals surface area (Å²) in [5.41, 5.74) is 1.09. The van der Waals surface area contributed by atoms with Gasteiger partial charge in [-0.25, -0.2) is 9.97 Å². The van der Waals surface area contributed by atoms with Crippen LogP contribution in [0.5, 0.6) is 0 Å². The van der Waals surface area contributed by atoms with Crippen LogP contribution in [0.2, 0.25) is 0 Å². The minimum absolute atomic E-state index is 0.0156. The zero-order valence-electron chi connectivity index (χ0n) is 10.5. The molecule has 0 atom stereocenters. The molecule has 0 aliphatic carbocycles. The standard InChI is InChI=1S/C12H14IN3OS/c1-12(2,3)9-6-18-10(15-9)5-16-7-14-4-8(13)11(16)17/h4,6-7H,5H2,1-3H3. The van der Waals surface area contributed by atoms with E-state index < -0.39 is 0 Å². The van der Waals surface area contributed by atoms with Crippen LogP contribution in [0.15, 0.2) is 22.7 Å². The summed E-state index contributed by atoms with van der Waals surface area (Å²) in [4.78, 5) is 20.5. The molecule has 4 nitrogen and oxygen atoms in total. The Morgan fingerprint density at radius 1 is 1.44 bits per heavy atom.